The molecule has 0 saturated carbocycles. The maximum Gasteiger partial charge on any atom is 0.122 e. The Morgan fingerprint density at radius 1 is 1.09 bits per heavy atom. The van der Waals surface area contributed by atoms with Gasteiger partial charge in [0.25, 0.3) is 0 Å². The fourth-order valence-corrected chi connectivity index (χ4v) is 2.02. The first-order chi connectivity index (χ1) is 10.5. The lowest BCUT2D eigenvalue weighted by atomic mass is 10.0. The molecule has 4 nitrogen and oxygen atoms in total. The first kappa shape index (κ1) is 22.2. The van der Waals surface area contributed by atoms with Crippen molar-refractivity contribution in [1.29, 1.82) is 0 Å². The zero-order valence-electron chi connectivity index (χ0n) is 15.2. The van der Waals surface area contributed by atoms with E-state index in [0.29, 0.717) is 19.1 Å². The largest absolute Gasteiger partial charge is 0.491 e. The minimum Gasteiger partial charge on any atom is -0.491 e. The summed E-state index contributed by atoms with van der Waals surface area (Å²) in [5.74, 6) is 1.49. The fourth-order valence-electron chi connectivity index (χ4n) is 2.02. The number of rotatable bonds is 11. The highest BCUT2D eigenvalue weighted by Crippen LogP contribution is 2.24. The van der Waals surface area contributed by atoms with E-state index in [1.807, 2.05) is 0 Å². The molecular formula is C18H33ClN2O2. The van der Waals surface area contributed by atoms with Gasteiger partial charge in [-0.05, 0) is 44.1 Å². The number of aryl methyl sites for hydroxylation is 1. The van der Waals surface area contributed by atoms with Gasteiger partial charge in [0.1, 0.15) is 12.4 Å². The van der Waals surface area contributed by atoms with Gasteiger partial charge in [-0.25, -0.2) is 0 Å². The summed E-state index contributed by atoms with van der Waals surface area (Å²) in [6.45, 7) is 11.3. The van der Waals surface area contributed by atoms with Crippen molar-refractivity contribution < 1.29 is 9.47 Å². The Bertz CT molecular complexity index is 425. The lowest BCUT2D eigenvalue weighted by Crippen LogP contribution is -2.29. The van der Waals surface area contributed by atoms with Crippen molar-refractivity contribution in [2.45, 2.75) is 26.7 Å². The van der Waals surface area contributed by atoms with E-state index < -0.39 is 0 Å². The number of benzene rings is 1. The van der Waals surface area contributed by atoms with Gasteiger partial charge in [-0.1, -0.05) is 26.0 Å². The van der Waals surface area contributed by atoms with E-state index in [0.717, 1.165) is 32.0 Å². The summed E-state index contributed by atoms with van der Waals surface area (Å²) in [7, 11) is 4.15. The van der Waals surface area contributed by atoms with Gasteiger partial charge in [0.15, 0.2) is 0 Å². The van der Waals surface area contributed by atoms with E-state index in [4.69, 9.17) is 9.47 Å². The Labute approximate surface area is 148 Å². The standard InChI is InChI=1S/C18H32N2O2.ClH/c1-15(2)17-7-6-16(3)18(14-17)22-13-12-21-11-9-19-8-10-20(4)5;/h6-7,14-15,19H,8-13H2,1-5H3;1H. The second kappa shape index (κ2) is 12.6. The molecule has 0 aromatic heterocycles. The van der Waals surface area contributed by atoms with Crippen molar-refractivity contribution >= 4 is 12.4 Å². The highest BCUT2D eigenvalue weighted by molar-refractivity contribution is 5.85. The average Bonchev–Trinajstić information content (AvgIpc) is 2.46. The van der Waals surface area contributed by atoms with Crippen molar-refractivity contribution in [3.8, 4) is 5.75 Å². The Morgan fingerprint density at radius 2 is 1.83 bits per heavy atom. The third-order valence-corrected chi connectivity index (χ3v) is 3.52. The molecule has 0 radical (unpaired) electrons. The Morgan fingerprint density at radius 3 is 2.48 bits per heavy atom. The van der Waals surface area contributed by atoms with Gasteiger partial charge in [-0.15, -0.1) is 12.4 Å². The number of halogens is 1. The lowest BCUT2D eigenvalue weighted by Gasteiger charge is -2.13. The number of ether oxygens (including phenoxy) is 2. The Hall–Kier alpha value is -0.810. The van der Waals surface area contributed by atoms with Crippen molar-refractivity contribution in [3.63, 3.8) is 0 Å². The fraction of sp³-hybridized carbons (Fsp3) is 0.667. The zero-order chi connectivity index (χ0) is 16.4. The molecule has 0 saturated heterocycles. The van der Waals surface area contributed by atoms with Crippen LogP contribution in [-0.4, -0.2) is 58.5 Å². The number of likely N-dealkylation sites (N-methyl/N-ethyl adjacent to an activating group) is 1. The van der Waals surface area contributed by atoms with E-state index in [-0.39, 0.29) is 12.4 Å². The van der Waals surface area contributed by atoms with E-state index >= 15 is 0 Å². The second-order valence-electron chi connectivity index (χ2n) is 6.19. The minimum atomic E-state index is 0. The Balaban J connectivity index is 0.00000484. The molecule has 1 rings (SSSR count). The average molecular weight is 345 g/mol. The first-order valence-corrected chi connectivity index (χ1v) is 8.17. The van der Waals surface area contributed by atoms with Crippen molar-refractivity contribution in [3.05, 3.63) is 29.3 Å². The molecule has 1 aromatic carbocycles. The molecule has 23 heavy (non-hydrogen) atoms. The van der Waals surface area contributed by atoms with Crippen LogP contribution in [-0.2, 0) is 4.74 Å². The van der Waals surface area contributed by atoms with E-state index in [2.05, 4.69) is 63.3 Å². The molecule has 0 aliphatic heterocycles. The SMILES string of the molecule is Cc1ccc(C(C)C)cc1OCCOCCNCCN(C)C.Cl. The van der Waals surface area contributed by atoms with Gasteiger partial charge in [0, 0.05) is 19.6 Å². The van der Waals surface area contributed by atoms with Crippen LogP contribution >= 0.6 is 12.4 Å². The quantitative estimate of drug-likeness (QED) is 0.625. The maximum atomic E-state index is 5.83. The highest BCUT2D eigenvalue weighted by Gasteiger charge is 2.04. The van der Waals surface area contributed by atoms with Crippen LogP contribution in [0.25, 0.3) is 0 Å². The molecule has 0 fully saturated rings. The summed E-state index contributed by atoms with van der Waals surface area (Å²) in [6, 6.07) is 6.44. The van der Waals surface area contributed by atoms with Crippen LogP contribution in [0.1, 0.15) is 30.9 Å². The Kier molecular flexibility index (Phi) is 12.1. The summed E-state index contributed by atoms with van der Waals surface area (Å²) in [6.07, 6.45) is 0. The van der Waals surface area contributed by atoms with Crippen molar-refractivity contribution in [2.24, 2.45) is 0 Å². The van der Waals surface area contributed by atoms with E-state index in [9.17, 15) is 0 Å². The smallest absolute Gasteiger partial charge is 0.122 e. The predicted octanol–water partition coefficient (Wildman–Crippen LogP) is 3.09. The summed E-state index contributed by atoms with van der Waals surface area (Å²) in [5, 5.41) is 3.35. The highest BCUT2D eigenvalue weighted by atomic mass is 35.5. The van der Waals surface area contributed by atoms with Crippen molar-refractivity contribution in [2.75, 3.05) is 53.6 Å². The van der Waals surface area contributed by atoms with Crippen LogP contribution in [0.2, 0.25) is 0 Å². The van der Waals surface area contributed by atoms with Crippen LogP contribution in [0, 0.1) is 6.92 Å². The van der Waals surface area contributed by atoms with Crippen LogP contribution in [0.4, 0.5) is 0 Å². The molecule has 1 N–H and O–H groups in total. The molecule has 0 heterocycles. The summed E-state index contributed by atoms with van der Waals surface area (Å²) < 4.78 is 11.4. The number of hydrogen-bond donors (Lipinski definition) is 1. The molecule has 0 atom stereocenters. The van der Waals surface area contributed by atoms with Crippen molar-refractivity contribution in [1.82, 2.24) is 10.2 Å². The lowest BCUT2D eigenvalue weighted by molar-refractivity contribution is 0.101. The van der Waals surface area contributed by atoms with Gasteiger partial charge in [-0.2, -0.15) is 0 Å². The normalized spacial score (nSPS) is 10.9. The van der Waals surface area contributed by atoms with Gasteiger partial charge in [-0.3, -0.25) is 0 Å². The summed E-state index contributed by atoms with van der Waals surface area (Å²) in [5.41, 5.74) is 2.49. The van der Waals surface area contributed by atoms with Crippen LogP contribution in [0.15, 0.2) is 18.2 Å². The molecule has 0 aliphatic carbocycles. The molecule has 134 valence electrons. The number of nitrogens with zero attached hydrogens (tertiary/aromatic N) is 1. The second-order valence-corrected chi connectivity index (χ2v) is 6.19. The van der Waals surface area contributed by atoms with E-state index in [1.54, 1.807) is 0 Å². The first-order valence-electron chi connectivity index (χ1n) is 8.17. The zero-order valence-corrected chi connectivity index (χ0v) is 16.0. The molecule has 0 aliphatic rings. The molecule has 1 aromatic rings. The minimum absolute atomic E-state index is 0. The third-order valence-electron chi connectivity index (χ3n) is 3.52. The summed E-state index contributed by atoms with van der Waals surface area (Å²) in [4.78, 5) is 2.16. The summed E-state index contributed by atoms with van der Waals surface area (Å²) >= 11 is 0. The molecule has 0 spiro atoms. The van der Waals surface area contributed by atoms with Gasteiger partial charge < -0.3 is 19.7 Å². The molecular weight excluding hydrogens is 312 g/mol. The number of hydrogen-bond acceptors (Lipinski definition) is 4. The van der Waals surface area contributed by atoms with E-state index in [1.165, 1.54) is 11.1 Å². The van der Waals surface area contributed by atoms with Crippen LogP contribution in [0.3, 0.4) is 0 Å². The molecule has 0 unspecified atom stereocenters. The van der Waals surface area contributed by atoms with Crippen LogP contribution < -0.4 is 10.1 Å². The van der Waals surface area contributed by atoms with Crippen LogP contribution in [0.5, 0.6) is 5.75 Å². The third kappa shape index (κ3) is 9.82. The van der Waals surface area contributed by atoms with Gasteiger partial charge >= 0.3 is 0 Å². The maximum absolute atomic E-state index is 5.83. The predicted molar refractivity (Wildman–Crippen MR) is 100 cm³/mol. The molecule has 5 heteroatoms. The van der Waals surface area contributed by atoms with Gasteiger partial charge in [0.2, 0.25) is 0 Å². The molecule has 0 bridgehead atoms. The molecule has 0 amide bonds. The topological polar surface area (TPSA) is 33.7 Å². The van der Waals surface area contributed by atoms with Gasteiger partial charge in [0.05, 0.1) is 13.2 Å². The number of nitrogens with one attached hydrogen (secondary N) is 1. The monoisotopic (exact) mass is 344 g/mol.